The summed E-state index contributed by atoms with van der Waals surface area (Å²) in [6.45, 7) is 2.27. The Morgan fingerprint density at radius 1 is 0.533 bits per heavy atom. The van der Waals surface area contributed by atoms with E-state index in [1.165, 1.54) is 19.1 Å². The van der Waals surface area contributed by atoms with Crippen molar-refractivity contribution in [3.63, 3.8) is 0 Å². The van der Waals surface area contributed by atoms with Crippen LogP contribution in [0.2, 0.25) is 0 Å². The number of nitrogens with one attached hydrogen (secondary N) is 6. The fraction of sp³-hybridized carbons (Fsp3) is 0.224. The van der Waals surface area contributed by atoms with Gasteiger partial charge >= 0.3 is 11.9 Å². The fourth-order valence-electron chi connectivity index (χ4n) is 6.65. The van der Waals surface area contributed by atoms with Gasteiger partial charge in [-0.2, -0.15) is 0 Å². The molecule has 0 aliphatic heterocycles. The maximum atomic E-state index is 12.9. The van der Waals surface area contributed by atoms with Crippen molar-refractivity contribution >= 4 is 80.3 Å². The molecule has 6 rings (SSSR count). The highest BCUT2D eigenvalue weighted by Gasteiger charge is 2.27. The normalized spacial score (nSPS) is 11.3. The molecule has 0 radical (unpaired) electrons. The Hall–Kier alpha value is -9.30. The zero-order chi connectivity index (χ0) is 54.9. The van der Waals surface area contributed by atoms with E-state index < -0.39 is 54.2 Å². The lowest BCUT2D eigenvalue weighted by Crippen LogP contribution is -2.49. The first kappa shape index (κ1) is 56.6. The summed E-state index contributed by atoms with van der Waals surface area (Å²) in [6.07, 6.45) is 1.02. The van der Waals surface area contributed by atoms with Gasteiger partial charge in [0.1, 0.15) is 56.3 Å². The molecule has 0 aliphatic carbocycles. The number of hydrogen-bond acceptors (Lipinski definition) is 19. The van der Waals surface area contributed by atoms with Crippen LogP contribution in [0.4, 0.5) is 10.3 Å². The summed E-state index contributed by atoms with van der Waals surface area (Å²) in [5.74, 6) is -6.95. The summed E-state index contributed by atoms with van der Waals surface area (Å²) < 4.78 is 4.71. The van der Waals surface area contributed by atoms with Crippen molar-refractivity contribution in [3.8, 4) is 34.5 Å². The Morgan fingerprint density at radius 2 is 0.920 bits per heavy atom. The molecule has 0 bridgehead atoms. The van der Waals surface area contributed by atoms with Crippen LogP contribution in [-0.4, -0.2) is 125 Å². The van der Waals surface area contributed by atoms with Crippen LogP contribution in [0, 0.1) is 13.8 Å². The maximum absolute atomic E-state index is 12.9. The highest BCUT2D eigenvalue weighted by molar-refractivity contribution is 7.18. The minimum absolute atomic E-state index is 0.0554. The largest absolute Gasteiger partial charge is 0.508 e. The van der Waals surface area contributed by atoms with Gasteiger partial charge in [-0.25, -0.2) is 19.6 Å². The number of amides is 6. The van der Waals surface area contributed by atoms with Gasteiger partial charge in [-0.05, 0) is 86.3 Å². The van der Waals surface area contributed by atoms with Crippen LogP contribution in [0.3, 0.4) is 0 Å². The maximum Gasteiger partial charge on any atom is 0.330 e. The second-order valence-electron chi connectivity index (χ2n) is 16.1. The van der Waals surface area contributed by atoms with Gasteiger partial charge in [0, 0.05) is 49.2 Å². The van der Waals surface area contributed by atoms with Crippen LogP contribution in [-0.2, 0) is 36.8 Å². The number of ether oxygens (including phenoxy) is 1. The summed E-state index contributed by atoms with van der Waals surface area (Å²) in [7, 11) is 1.12. The van der Waals surface area contributed by atoms with Crippen molar-refractivity contribution in [3.05, 3.63) is 128 Å². The number of nitrogens with zero attached hydrogens (tertiary/aromatic N) is 2. The molecular formula is C49H50N8O16S2. The average Bonchev–Trinajstić information content (AvgIpc) is 3.91. The van der Waals surface area contributed by atoms with Crippen LogP contribution < -0.4 is 31.9 Å². The van der Waals surface area contributed by atoms with Gasteiger partial charge in [0.15, 0.2) is 10.3 Å². The highest BCUT2D eigenvalue weighted by atomic mass is 32.1. The molecule has 2 heterocycles. The SMILES string of the molecule is COC(=O)[C@H](CNC(=O)c1cc(O)cc(O)c1)NC(=O)c1sc(NC(=O)CCc2cccc(O)c2)nc1C.Cc1nc(NC(=O)CCc2cccc(O)c2)sc1C(=O)N[C@@H](CNC(=O)c1cc(O)cc(O)c1)C(=O)O. The number of rotatable bonds is 20. The number of aliphatic carboxylic acids is 1. The van der Waals surface area contributed by atoms with Crippen LogP contribution >= 0.6 is 22.7 Å². The van der Waals surface area contributed by atoms with Crippen molar-refractivity contribution in [2.75, 3.05) is 30.8 Å². The molecule has 0 fully saturated rings. The summed E-state index contributed by atoms with van der Waals surface area (Å²) in [5, 5.41) is 81.8. The van der Waals surface area contributed by atoms with Gasteiger partial charge < -0.3 is 72.4 Å². The molecule has 26 heteroatoms. The molecular weight excluding hydrogens is 1020 g/mol. The molecule has 13 N–H and O–H groups in total. The fourth-order valence-corrected chi connectivity index (χ4v) is 8.43. The molecule has 75 heavy (non-hydrogen) atoms. The van der Waals surface area contributed by atoms with Gasteiger partial charge in [-0.15, -0.1) is 0 Å². The summed E-state index contributed by atoms with van der Waals surface area (Å²) in [5.41, 5.74) is 2.00. The molecule has 0 aliphatic rings. The number of esters is 1. The molecule has 0 spiro atoms. The van der Waals surface area contributed by atoms with E-state index in [1.54, 1.807) is 43.3 Å². The molecule has 0 unspecified atom stereocenters. The van der Waals surface area contributed by atoms with E-state index in [9.17, 15) is 74.1 Å². The zero-order valence-corrected chi connectivity index (χ0v) is 41.6. The first-order chi connectivity index (χ1) is 35.6. The number of carboxylic acids is 1. The summed E-state index contributed by atoms with van der Waals surface area (Å²) >= 11 is 1.78. The molecule has 6 aromatic rings. The van der Waals surface area contributed by atoms with E-state index >= 15 is 0 Å². The second-order valence-corrected chi connectivity index (χ2v) is 18.1. The predicted molar refractivity (Wildman–Crippen MR) is 270 cm³/mol. The lowest BCUT2D eigenvalue weighted by molar-refractivity contribution is -0.142. The molecule has 24 nitrogen and oxygen atoms in total. The van der Waals surface area contributed by atoms with Gasteiger partial charge in [0.05, 0.1) is 18.5 Å². The Labute approximate surface area is 434 Å². The van der Waals surface area contributed by atoms with E-state index in [1.807, 2.05) is 0 Å². The summed E-state index contributed by atoms with van der Waals surface area (Å²) in [6, 6.07) is 16.9. The number of methoxy groups -OCH3 is 1. The van der Waals surface area contributed by atoms with E-state index in [0.29, 0.717) is 18.5 Å². The molecule has 4 aromatic carbocycles. The Bertz CT molecular complexity index is 3060. The average molecular weight is 1070 g/mol. The number of carbonyl (C=O) groups excluding carboxylic acids is 7. The van der Waals surface area contributed by atoms with Crippen LogP contribution in [0.1, 0.15) is 75.4 Å². The number of benzene rings is 4. The number of aromatic nitrogens is 2. The minimum Gasteiger partial charge on any atom is -0.508 e. The minimum atomic E-state index is -1.50. The van der Waals surface area contributed by atoms with Crippen LogP contribution in [0.15, 0.2) is 84.9 Å². The Kier molecular flexibility index (Phi) is 19.9. The number of carboxylic acid groups (broad SMARTS) is 1. The Balaban J connectivity index is 0.000000277. The number of hydrogen-bond donors (Lipinski definition) is 13. The van der Waals surface area contributed by atoms with E-state index in [4.69, 9.17) is 4.74 Å². The molecule has 0 saturated carbocycles. The van der Waals surface area contributed by atoms with Gasteiger partial charge in [0.2, 0.25) is 11.8 Å². The van der Waals surface area contributed by atoms with E-state index in [-0.39, 0.29) is 103 Å². The number of phenols is 6. The molecule has 394 valence electrons. The molecule has 0 saturated heterocycles. The first-order valence-electron chi connectivity index (χ1n) is 22.2. The van der Waals surface area contributed by atoms with Crippen molar-refractivity contribution in [2.45, 2.75) is 51.6 Å². The number of carbonyl (C=O) groups is 8. The zero-order valence-electron chi connectivity index (χ0n) is 40.0. The third kappa shape index (κ3) is 17.5. The molecule has 2 atom stereocenters. The predicted octanol–water partition coefficient (Wildman–Crippen LogP) is 3.59. The number of aryl methyl sites for hydroxylation is 4. The third-order valence-electron chi connectivity index (χ3n) is 10.3. The Morgan fingerprint density at radius 3 is 1.29 bits per heavy atom. The molecule has 6 amide bonds. The van der Waals surface area contributed by atoms with Gasteiger partial charge in [0.25, 0.3) is 23.6 Å². The molecule has 2 aromatic heterocycles. The number of aromatic hydroxyl groups is 6. The standard InChI is InChI=1S/C25H26N4O8S.C24H24N4O8S/c1-13-21(38-25(27-13)29-20(33)7-6-14-4-3-5-16(30)8-14)23(35)28-19(24(36)37-2)12-26-22(34)15-9-17(31)11-18(32)10-15;1-12-20(37-24(26-12)28-19(32)6-5-13-3-2-4-15(29)7-13)22(34)27-18(23(35)36)11-25-21(33)14-8-16(30)10-17(31)9-14/h3-5,8-11,19,30-32H,6-7,12H2,1-2H3,(H,26,34)(H,28,35)(H,27,29,33);2-4,7-10,18,29-31H,5-6,11H2,1H3,(H,25,33)(H,27,34)(H,35,36)(H,26,28,32)/t19-;18-/m00/s1. The monoisotopic (exact) mass is 1070 g/mol. The lowest BCUT2D eigenvalue weighted by Gasteiger charge is -2.17. The first-order valence-corrected chi connectivity index (χ1v) is 23.9. The van der Waals surface area contributed by atoms with Crippen LogP contribution in [0.5, 0.6) is 34.5 Å². The van der Waals surface area contributed by atoms with E-state index in [0.717, 1.165) is 77.3 Å². The number of anilines is 2. The van der Waals surface area contributed by atoms with Crippen molar-refractivity contribution in [2.24, 2.45) is 0 Å². The quantitative estimate of drug-likeness (QED) is 0.0486. The van der Waals surface area contributed by atoms with Gasteiger partial charge in [-0.3, -0.25) is 28.8 Å². The van der Waals surface area contributed by atoms with Crippen molar-refractivity contribution < 1.29 is 78.8 Å². The van der Waals surface area contributed by atoms with Crippen molar-refractivity contribution in [1.82, 2.24) is 31.2 Å². The van der Waals surface area contributed by atoms with Crippen LogP contribution in [0.25, 0.3) is 0 Å². The highest BCUT2D eigenvalue weighted by Crippen LogP contribution is 2.26. The van der Waals surface area contributed by atoms with Gasteiger partial charge in [-0.1, -0.05) is 46.9 Å². The topological polar surface area (TPSA) is 385 Å². The second kappa shape index (κ2) is 26.4. The van der Waals surface area contributed by atoms with E-state index in [2.05, 4.69) is 41.9 Å². The van der Waals surface area contributed by atoms with Crippen molar-refractivity contribution in [1.29, 1.82) is 0 Å². The lowest BCUT2D eigenvalue weighted by atomic mass is 10.1. The third-order valence-corrected chi connectivity index (χ3v) is 12.4. The number of phenolic OH excluding ortho intramolecular Hbond substituents is 6. The smallest absolute Gasteiger partial charge is 0.330 e. The summed E-state index contributed by atoms with van der Waals surface area (Å²) in [4.78, 5) is 107. The number of thiazole rings is 2.